The first-order valence-corrected chi connectivity index (χ1v) is 3.46. The zero-order valence-corrected chi connectivity index (χ0v) is 7.78. The normalized spacial score (nSPS) is 12.4. The highest BCUT2D eigenvalue weighted by atomic mass is 35.5. The molecular weight excluding hydrogens is 172 g/mol. The summed E-state index contributed by atoms with van der Waals surface area (Å²) in [6.45, 7) is 3.96. The zero-order chi connectivity index (χ0) is 7.44. The molecule has 0 rings (SSSR count). The predicted octanol–water partition coefficient (Wildman–Crippen LogP) is 1.84. The van der Waals surface area contributed by atoms with Crippen LogP contribution in [0.3, 0.4) is 0 Å². The fourth-order valence-electron chi connectivity index (χ4n) is 0.547. The van der Waals surface area contributed by atoms with Crippen molar-refractivity contribution in [2.24, 2.45) is 5.92 Å². The lowest BCUT2D eigenvalue weighted by molar-refractivity contribution is -0.136. The van der Waals surface area contributed by atoms with Crippen molar-refractivity contribution in [1.82, 2.24) is 0 Å². The number of hydrogen-bond acceptors (Lipinski definition) is 2. The summed E-state index contributed by atoms with van der Waals surface area (Å²) >= 11 is 3.86. The second-order valence-corrected chi connectivity index (χ2v) is 3.11. The van der Waals surface area contributed by atoms with Crippen LogP contribution in [0.1, 0.15) is 20.3 Å². The van der Waals surface area contributed by atoms with E-state index >= 15 is 0 Å². The third-order valence-electron chi connectivity index (χ3n) is 0.980. The molecule has 1 unspecified atom stereocenters. The maximum atomic E-state index is 10.2. The van der Waals surface area contributed by atoms with E-state index in [9.17, 15) is 4.79 Å². The van der Waals surface area contributed by atoms with E-state index in [0.29, 0.717) is 12.3 Å². The molecule has 0 heterocycles. The lowest BCUT2D eigenvalue weighted by Crippen LogP contribution is -2.15. The van der Waals surface area contributed by atoms with Gasteiger partial charge in [-0.2, -0.15) is 12.6 Å². The Balaban J connectivity index is 0. The molecule has 10 heavy (non-hydrogen) atoms. The number of thiol groups is 1. The number of halogens is 1. The standard InChI is InChI=1S/C6H12O2S.ClH/c1-4(2)3-5(9)6(7)8;/h4-5,9H,3H2,1-2H3,(H,7,8);1H. The molecule has 0 saturated carbocycles. The monoisotopic (exact) mass is 184 g/mol. The van der Waals surface area contributed by atoms with Crippen molar-refractivity contribution in [3.8, 4) is 0 Å². The van der Waals surface area contributed by atoms with Crippen molar-refractivity contribution in [3.05, 3.63) is 0 Å². The Kier molecular flexibility index (Phi) is 7.48. The van der Waals surface area contributed by atoms with Crippen LogP contribution in [0.5, 0.6) is 0 Å². The van der Waals surface area contributed by atoms with Crippen LogP contribution >= 0.6 is 25.0 Å². The van der Waals surface area contributed by atoms with Gasteiger partial charge < -0.3 is 5.11 Å². The minimum absolute atomic E-state index is 0. The topological polar surface area (TPSA) is 37.3 Å². The van der Waals surface area contributed by atoms with Crippen molar-refractivity contribution < 1.29 is 9.90 Å². The molecule has 0 radical (unpaired) electrons. The summed E-state index contributed by atoms with van der Waals surface area (Å²) in [4.78, 5) is 10.2. The molecule has 0 aromatic rings. The number of rotatable bonds is 3. The van der Waals surface area contributed by atoms with Crippen LogP contribution in [0.15, 0.2) is 0 Å². The maximum Gasteiger partial charge on any atom is 0.316 e. The quantitative estimate of drug-likeness (QED) is 0.657. The molecule has 0 aromatic heterocycles. The lowest BCUT2D eigenvalue weighted by atomic mass is 10.1. The van der Waals surface area contributed by atoms with Gasteiger partial charge in [-0.3, -0.25) is 4.79 Å². The molecule has 0 fully saturated rings. The Bertz CT molecular complexity index is 106. The first-order chi connectivity index (χ1) is 4.04. The van der Waals surface area contributed by atoms with Crippen LogP contribution in [-0.4, -0.2) is 16.3 Å². The van der Waals surface area contributed by atoms with Gasteiger partial charge in [0.05, 0.1) is 5.25 Å². The molecule has 4 heteroatoms. The molecule has 0 aliphatic carbocycles. The number of aliphatic carboxylic acids is 1. The highest BCUT2D eigenvalue weighted by Crippen LogP contribution is 2.09. The third-order valence-corrected chi connectivity index (χ3v) is 1.41. The van der Waals surface area contributed by atoms with Gasteiger partial charge in [0.1, 0.15) is 0 Å². The Morgan fingerprint density at radius 2 is 2.00 bits per heavy atom. The minimum Gasteiger partial charge on any atom is -0.480 e. The summed E-state index contributed by atoms with van der Waals surface area (Å²) in [5, 5.41) is 7.86. The van der Waals surface area contributed by atoms with Gasteiger partial charge in [-0.05, 0) is 12.3 Å². The first kappa shape index (κ1) is 12.8. The molecule has 0 aliphatic rings. The fraction of sp³-hybridized carbons (Fsp3) is 0.833. The van der Waals surface area contributed by atoms with Crippen LogP contribution in [0.2, 0.25) is 0 Å². The highest BCUT2D eigenvalue weighted by Gasteiger charge is 2.12. The fourth-order valence-corrected chi connectivity index (χ4v) is 0.969. The van der Waals surface area contributed by atoms with Crippen LogP contribution < -0.4 is 0 Å². The van der Waals surface area contributed by atoms with Gasteiger partial charge >= 0.3 is 5.97 Å². The number of carboxylic acid groups (broad SMARTS) is 1. The second kappa shape index (κ2) is 5.86. The van der Waals surface area contributed by atoms with Crippen LogP contribution in [-0.2, 0) is 4.79 Å². The van der Waals surface area contributed by atoms with Gasteiger partial charge in [0, 0.05) is 0 Å². The zero-order valence-electron chi connectivity index (χ0n) is 6.07. The smallest absolute Gasteiger partial charge is 0.316 e. The van der Waals surface area contributed by atoms with E-state index in [1.807, 2.05) is 13.8 Å². The van der Waals surface area contributed by atoms with Crippen LogP contribution in [0.4, 0.5) is 0 Å². The summed E-state index contributed by atoms with van der Waals surface area (Å²) in [5.41, 5.74) is 0. The average molecular weight is 185 g/mol. The lowest BCUT2D eigenvalue weighted by Gasteiger charge is -2.06. The molecule has 62 valence electrons. The maximum absolute atomic E-state index is 10.2. The van der Waals surface area contributed by atoms with E-state index in [1.165, 1.54) is 0 Å². The van der Waals surface area contributed by atoms with Crippen LogP contribution in [0.25, 0.3) is 0 Å². The number of hydrogen-bond donors (Lipinski definition) is 2. The van der Waals surface area contributed by atoms with Crippen molar-refractivity contribution in [2.75, 3.05) is 0 Å². The van der Waals surface area contributed by atoms with Gasteiger partial charge in [-0.25, -0.2) is 0 Å². The predicted molar refractivity (Wildman–Crippen MR) is 47.1 cm³/mol. The third kappa shape index (κ3) is 6.23. The highest BCUT2D eigenvalue weighted by molar-refractivity contribution is 7.81. The van der Waals surface area contributed by atoms with Gasteiger partial charge in [0.2, 0.25) is 0 Å². The van der Waals surface area contributed by atoms with Gasteiger partial charge in [0.15, 0.2) is 0 Å². The molecule has 0 amide bonds. The summed E-state index contributed by atoms with van der Waals surface area (Å²) in [5.74, 6) is -0.421. The molecule has 1 atom stereocenters. The second-order valence-electron chi connectivity index (χ2n) is 2.48. The van der Waals surface area contributed by atoms with E-state index < -0.39 is 11.2 Å². The summed E-state index contributed by atoms with van der Waals surface area (Å²) in [6, 6.07) is 0. The van der Waals surface area contributed by atoms with E-state index in [2.05, 4.69) is 12.6 Å². The largest absolute Gasteiger partial charge is 0.480 e. The van der Waals surface area contributed by atoms with Crippen molar-refractivity contribution in [2.45, 2.75) is 25.5 Å². The summed E-state index contributed by atoms with van der Waals surface area (Å²) in [7, 11) is 0. The number of carbonyl (C=O) groups is 1. The van der Waals surface area contributed by atoms with Crippen molar-refractivity contribution in [1.29, 1.82) is 0 Å². The molecule has 0 aromatic carbocycles. The summed E-state index contributed by atoms with van der Waals surface area (Å²) in [6.07, 6.45) is 0.637. The molecular formula is C6H13ClO2S. The van der Waals surface area contributed by atoms with Gasteiger partial charge in [0.25, 0.3) is 0 Å². The Labute approximate surface area is 72.8 Å². The summed E-state index contributed by atoms with van der Waals surface area (Å²) < 4.78 is 0. The minimum atomic E-state index is -0.827. The van der Waals surface area contributed by atoms with Gasteiger partial charge in [-0.15, -0.1) is 12.4 Å². The number of carboxylic acids is 1. The SMILES string of the molecule is CC(C)CC(S)C(=O)O.Cl. The Morgan fingerprint density at radius 1 is 1.60 bits per heavy atom. The molecule has 1 N–H and O–H groups in total. The van der Waals surface area contributed by atoms with E-state index in [4.69, 9.17) is 5.11 Å². The van der Waals surface area contributed by atoms with Crippen molar-refractivity contribution >= 4 is 31.0 Å². The van der Waals surface area contributed by atoms with E-state index in [1.54, 1.807) is 0 Å². The Hall–Kier alpha value is 0.110. The average Bonchev–Trinajstić information content (AvgIpc) is 1.63. The molecule has 0 aliphatic heterocycles. The molecule has 2 nitrogen and oxygen atoms in total. The van der Waals surface area contributed by atoms with Gasteiger partial charge in [-0.1, -0.05) is 13.8 Å². The molecule has 0 spiro atoms. The van der Waals surface area contributed by atoms with E-state index in [0.717, 1.165) is 0 Å². The first-order valence-electron chi connectivity index (χ1n) is 2.95. The van der Waals surface area contributed by atoms with Crippen LogP contribution in [0, 0.1) is 5.92 Å². The van der Waals surface area contributed by atoms with E-state index in [-0.39, 0.29) is 12.4 Å². The molecule has 0 bridgehead atoms. The molecule has 0 saturated heterocycles. The van der Waals surface area contributed by atoms with Crippen molar-refractivity contribution in [3.63, 3.8) is 0 Å². The Morgan fingerprint density at radius 3 is 2.10 bits per heavy atom.